The van der Waals surface area contributed by atoms with Crippen molar-refractivity contribution in [3.63, 3.8) is 0 Å². The molecule has 1 rings (SSSR count). The summed E-state index contributed by atoms with van der Waals surface area (Å²) in [5.74, 6) is -0.795. The maximum atomic E-state index is 13.4. The molecular weight excluding hydrogens is 233 g/mol. The predicted octanol–water partition coefficient (Wildman–Crippen LogP) is 1.30. The quantitative estimate of drug-likeness (QED) is 0.822. The average Bonchev–Trinajstić information content (AvgIpc) is 2.29. The smallest absolute Gasteiger partial charge is 0.152 e. The molecule has 0 radical (unpaired) electrons. The number of aliphatic hydroxyl groups is 1. The van der Waals surface area contributed by atoms with E-state index in [0.717, 1.165) is 0 Å². The third-order valence-electron chi connectivity index (χ3n) is 2.28. The molecule has 0 bridgehead atoms. The largest absolute Gasteiger partial charge is 0.394 e. The van der Waals surface area contributed by atoms with Crippen molar-refractivity contribution >= 4 is 17.4 Å². The summed E-state index contributed by atoms with van der Waals surface area (Å²) in [7, 11) is 0. The monoisotopic (exact) mass is 245 g/mol. The van der Waals surface area contributed by atoms with E-state index < -0.39 is 18.5 Å². The molecule has 88 valence electrons. The molecule has 0 amide bonds. The number of aryl methyl sites for hydroxylation is 1. The average molecular weight is 246 g/mol. The summed E-state index contributed by atoms with van der Waals surface area (Å²) in [4.78, 5) is 11.3. The summed E-state index contributed by atoms with van der Waals surface area (Å²) < 4.78 is 13.4. The lowest BCUT2D eigenvalue weighted by Gasteiger charge is -2.07. The Bertz CT molecular complexity index is 384. The van der Waals surface area contributed by atoms with Crippen molar-refractivity contribution in [2.75, 3.05) is 6.61 Å². The summed E-state index contributed by atoms with van der Waals surface area (Å²) in [5.41, 5.74) is 5.71. The van der Waals surface area contributed by atoms with Gasteiger partial charge in [0, 0.05) is 6.42 Å². The van der Waals surface area contributed by atoms with Gasteiger partial charge in [-0.3, -0.25) is 4.79 Å². The lowest BCUT2D eigenvalue weighted by Crippen LogP contribution is -2.34. The predicted molar refractivity (Wildman–Crippen MR) is 59.8 cm³/mol. The molecule has 0 aliphatic carbocycles. The molecule has 1 aromatic carbocycles. The van der Waals surface area contributed by atoms with E-state index in [-0.39, 0.29) is 23.6 Å². The van der Waals surface area contributed by atoms with Gasteiger partial charge in [-0.25, -0.2) is 4.39 Å². The highest BCUT2D eigenvalue weighted by Crippen LogP contribution is 2.19. The summed E-state index contributed by atoms with van der Waals surface area (Å²) in [6, 6.07) is 3.75. The van der Waals surface area contributed by atoms with Gasteiger partial charge in [-0.2, -0.15) is 0 Å². The van der Waals surface area contributed by atoms with E-state index in [1.807, 2.05) is 0 Å². The van der Waals surface area contributed by atoms with E-state index in [1.54, 1.807) is 12.1 Å². The van der Waals surface area contributed by atoms with E-state index in [2.05, 4.69) is 0 Å². The van der Waals surface area contributed by atoms with Gasteiger partial charge in [-0.15, -0.1) is 0 Å². The zero-order valence-electron chi connectivity index (χ0n) is 8.62. The normalized spacial score (nSPS) is 12.5. The number of carbonyl (C=O) groups is 1. The molecular formula is C11H13ClFNO2. The molecule has 3 N–H and O–H groups in total. The van der Waals surface area contributed by atoms with E-state index >= 15 is 0 Å². The number of Topliss-reactive ketones (excluding diaryl/α,β-unsaturated/α-hetero) is 1. The van der Waals surface area contributed by atoms with Crippen LogP contribution in [0.5, 0.6) is 0 Å². The highest BCUT2D eigenvalue weighted by Gasteiger charge is 2.13. The maximum absolute atomic E-state index is 13.4. The molecule has 5 heteroatoms. The topological polar surface area (TPSA) is 63.3 Å². The molecule has 3 nitrogen and oxygen atoms in total. The number of hydrogen-bond donors (Lipinski definition) is 2. The van der Waals surface area contributed by atoms with E-state index in [9.17, 15) is 9.18 Å². The Hall–Kier alpha value is -0.970. The number of ketones is 1. The van der Waals surface area contributed by atoms with Gasteiger partial charge < -0.3 is 10.8 Å². The number of benzene rings is 1. The number of carbonyl (C=O) groups excluding carboxylic acids is 1. The van der Waals surface area contributed by atoms with Crippen LogP contribution in [0.3, 0.4) is 0 Å². The molecule has 1 aromatic rings. The first kappa shape index (κ1) is 13.1. The van der Waals surface area contributed by atoms with Crippen molar-refractivity contribution in [2.24, 2.45) is 5.73 Å². The standard InChI is InChI=1S/C11H13ClFNO2/c12-8-3-1-2-7(11(8)13)4-5-10(16)9(14)6-15/h1-3,9,15H,4-6,14H2/t9-/m0/s1. The molecule has 0 saturated heterocycles. The number of hydrogen-bond acceptors (Lipinski definition) is 3. The van der Waals surface area contributed by atoms with Crippen molar-refractivity contribution in [3.05, 3.63) is 34.6 Å². The van der Waals surface area contributed by atoms with Crippen LogP contribution in [0.2, 0.25) is 5.02 Å². The van der Waals surface area contributed by atoms with Crippen LogP contribution < -0.4 is 5.73 Å². The molecule has 1 atom stereocenters. The minimum atomic E-state index is -0.887. The maximum Gasteiger partial charge on any atom is 0.152 e. The van der Waals surface area contributed by atoms with Crippen molar-refractivity contribution in [1.82, 2.24) is 0 Å². The van der Waals surface area contributed by atoms with E-state index in [0.29, 0.717) is 5.56 Å². The third kappa shape index (κ3) is 3.27. The molecule has 0 heterocycles. The van der Waals surface area contributed by atoms with Crippen LogP contribution in [-0.4, -0.2) is 23.5 Å². The van der Waals surface area contributed by atoms with Gasteiger partial charge in [0.15, 0.2) is 5.78 Å². The summed E-state index contributed by atoms with van der Waals surface area (Å²) in [6.07, 6.45) is 0.331. The second-order valence-electron chi connectivity index (χ2n) is 3.47. The molecule has 0 aliphatic rings. The van der Waals surface area contributed by atoms with Crippen LogP contribution in [0.4, 0.5) is 4.39 Å². The third-order valence-corrected chi connectivity index (χ3v) is 2.57. The van der Waals surface area contributed by atoms with Crippen molar-refractivity contribution in [1.29, 1.82) is 0 Å². The van der Waals surface area contributed by atoms with Gasteiger partial charge in [0.2, 0.25) is 0 Å². The highest BCUT2D eigenvalue weighted by molar-refractivity contribution is 6.30. The van der Waals surface area contributed by atoms with E-state index in [1.165, 1.54) is 6.07 Å². The lowest BCUT2D eigenvalue weighted by molar-refractivity contribution is -0.121. The van der Waals surface area contributed by atoms with Gasteiger partial charge in [0.1, 0.15) is 5.82 Å². The number of halogens is 2. The van der Waals surface area contributed by atoms with Crippen LogP contribution in [0.1, 0.15) is 12.0 Å². The fourth-order valence-electron chi connectivity index (χ4n) is 1.29. The molecule has 0 unspecified atom stereocenters. The molecule has 0 spiro atoms. The van der Waals surface area contributed by atoms with Crippen molar-refractivity contribution in [3.8, 4) is 0 Å². The van der Waals surface area contributed by atoms with Gasteiger partial charge >= 0.3 is 0 Å². The fourth-order valence-corrected chi connectivity index (χ4v) is 1.48. The Labute approximate surface area is 98.0 Å². The number of rotatable bonds is 5. The Morgan fingerprint density at radius 2 is 2.25 bits per heavy atom. The fraction of sp³-hybridized carbons (Fsp3) is 0.364. The first-order valence-electron chi connectivity index (χ1n) is 4.88. The van der Waals surface area contributed by atoms with Crippen LogP contribution in [0.25, 0.3) is 0 Å². The highest BCUT2D eigenvalue weighted by atomic mass is 35.5. The van der Waals surface area contributed by atoms with Crippen molar-refractivity contribution < 1.29 is 14.3 Å². The number of nitrogens with two attached hydrogens (primary N) is 1. The van der Waals surface area contributed by atoms with Gasteiger partial charge in [0.05, 0.1) is 17.7 Å². The zero-order valence-corrected chi connectivity index (χ0v) is 9.38. The SMILES string of the molecule is N[C@@H](CO)C(=O)CCc1cccc(Cl)c1F. The van der Waals surface area contributed by atoms with E-state index in [4.69, 9.17) is 22.4 Å². The second-order valence-corrected chi connectivity index (χ2v) is 3.88. The van der Waals surface area contributed by atoms with Crippen LogP contribution in [-0.2, 0) is 11.2 Å². The Morgan fingerprint density at radius 3 is 2.88 bits per heavy atom. The Balaban J connectivity index is 2.61. The lowest BCUT2D eigenvalue weighted by atomic mass is 10.0. The van der Waals surface area contributed by atoms with Crippen LogP contribution in [0.15, 0.2) is 18.2 Å². The zero-order chi connectivity index (χ0) is 12.1. The Kier molecular flexibility index (Phi) is 4.86. The molecule has 16 heavy (non-hydrogen) atoms. The molecule has 0 saturated carbocycles. The minimum absolute atomic E-state index is 0.0383. The van der Waals surface area contributed by atoms with Crippen LogP contribution in [0, 0.1) is 5.82 Å². The summed E-state index contributed by atoms with van der Waals surface area (Å²) in [5, 5.41) is 8.70. The Morgan fingerprint density at radius 1 is 1.56 bits per heavy atom. The molecule has 0 fully saturated rings. The molecule has 0 aliphatic heterocycles. The van der Waals surface area contributed by atoms with Gasteiger partial charge in [0.25, 0.3) is 0 Å². The molecule has 0 aromatic heterocycles. The summed E-state index contributed by atoms with van der Waals surface area (Å²) in [6.45, 7) is -0.392. The minimum Gasteiger partial charge on any atom is -0.394 e. The van der Waals surface area contributed by atoms with Gasteiger partial charge in [-0.1, -0.05) is 23.7 Å². The van der Waals surface area contributed by atoms with Crippen molar-refractivity contribution in [2.45, 2.75) is 18.9 Å². The second kappa shape index (κ2) is 5.94. The van der Waals surface area contributed by atoms with Gasteiger partial charge in [-0.05, 0) is 18.1 Å². The number of aliphatic hydroxyl groups excluding tert-OH is 1. The first-order chi connectivity index (χ1) is 7.56. The summed E-state index contributed by atoms with van der Waals surface area (Å²) >= 11 is 5.59. The first-order valence-corrected chi connectivity index (χ1v) is 5.26. The van der Waals surface area contributed by atoms with Crippen LogP contribution >= 0.6 is 11.6 Å².